The van der Waals surface area contributed by atoms with Gasteiger partial charge in [0.2, 0.25) is 11.7 Å². The molecule has 150 valence electrons. The van der Waals surface area contributed by atoms with Gasteiger partial charge in [0.05, 0.1) is 12.7 Å². The van der Waals surface area contributed by atoms with Crippen molar-refractivity contribution in [3.63, 3.8) is 0 Å². The summed E-state index contributed by atoms with van der Waals surface area (Å²) in [6.07, 6.45) is 0. The van der Waals surface area contributed by atoms with Crippen molar-refractivity contribution in [3.05, 3.63) is 65.8 Å². The van der Waals surface area contributed by atoms with Crippen LogP contribution in [-0.2, 0) is 16.1 Å². The minimum absolute atomic E-state index is 0.146. The number of nitrogens with one attached hydrogen (secondary N) is 1. The monoisotopic (exact) mass is 397 g/mol. The molecule has 0 atom stereocenters. The van der Waals surface area contributed by atoms with Gasteiger partial charge in [-0.1, -0.05) is 5.16 Å². The van der Waals surface area contributed by atoms with Crippen LogP contribution in [-0.4, -0.2) is 35.7 Å². The summed E-state index contributed by atoms with van der Waals surface area (Å²) in [5.74, 6) is 1.02. The Kier molecular flexibility index (Phi) is 6.41. The zero-order valence-electron chi connectivity index (χ0n) is 15.9. The van der Waals surface area contributed by atoms with E-state index in [1.165, 1.54) is 0 Å². The summed E-state index contributed by atoms with van der Waals surface area (Å²) in [6.45, 7) is 1.43. The molecule has 0 fully saturated rings. The van der Waals surface area contributed by atoms with Gasteiger partial charge in [-0.15, -0.1) is 0 Å². The van der Waals surface area contributed by atoms with Crippen LogP contribution in [0.25, 0.3) is 0 Å². The molecule has 29 heavy (non-hydrogen) atoms. The summed E-state index contributed by atoms with van der Waals surface area (Å²) >= 11 is 0. The Morgan fingerprint density at radius 2 is 1.72 bits per heavy atom. The van der Waals surface area contributed by atoms with Crippen LogP contribution in [0.1, 0.15) is 22.1 Å². The molecule has 0 bridgehead atoms. The number of aryl methyl sites for hydroxylation is 1. The number of ether oxygens (including phenoxy) is 3. The average Bonchev–Trinajstić information content (AvgIpc) is 3.16. The highest BCUT2D eigenvalue weighted by molar-refractivity contribution is 5.95. The molecule has 0 spiro atoms. The molecular weight excluding hydrogens is 378 g/mol. The van der Waals surface area contributed by atoms with Crippen molar-refractivity contribution >= 4 is 17.6 Å². The maximum Gasteiger partial charge on any atom is 0.338 e. The quantitative estimate of drug-likeness (QED) is 0.578. The number of benzene rings is 2. The number of esters is 1. The molecular formula is C20H19N3O6. The van der Waals surface area contributed by atoms with Crippen molar-refractivity contribution in [1.29, 1.82) is 0 Å². The minimum Gasteiger partial charge on any atom is -0.497 e. The number of carbonyl (C=O) groups is 2. The van der Waals surface area contributed by atoms with Gasteiger partial charge in [-0.05, 0) is 48.5 Å². The SMILES string of the molecule is COc1ccc(NC(=O)COC(=O)c2ccc(OCc3noc(C)n3)cc2)cc1. The molecule has 0 saturated heterocycles. The van der Waals surface area contributed by atoms with Crippen LogP contribution < -0.4 is 14.8 Å². The van der Waals surface area contributed by atoms with E-state index in [9.17, 15) is 9.59 Å². The zero-order valence-corrected chi connectivity index (χ0v) is 15.9. The number of hydrogen-bond acceptors (Lipinski definition) is 8. The second kappa shape index (κ2) is 9.36. The fourth-order valence-corrected chi connectivity index (χ4v) is 2.32. The van der Waals surface area contributed by atoms with Gasteiger partial charge in [-0.25, -0.2) is 4.79 Å². The number of rotatable bonds is 8. The molecule has 3 rings (SSSR count). The van der Waals surface area contributed by atoms with E-state index in [0.29, 0.717) is 34.5 Å². The Balaban J connectivity index is 1.45. The summed E-state index contributed by atoms with van der Waals surface area (Å²) in [7, 11) is 1.56. The standard InChI is InChI=1S/C20H19N3O6/c1-13-21-18(23-29-13)11-27-17-7-3-14(4-8-17)20(25)28-12-19(24)22-15-5-9-16(26-2)10-6-15/h3-10H,11-12H2,1-2H3,(H,22,24). The normalized spacial score (nSPS) is 10.3. The molecule has 0 aliphatic rings. The van der Waals surface area contributed by atoms with E-state index in [2.05, 4.69) is 15.5 Å². The largest absolute Gasteiger partial charge is 0.497 e. The Morgan fingerprint density at radius 1 is 1.03 bits per heavy atom. The van der Waals surface area contributed by atoms with Crippen molar-refractivity contribution in [1.82, 2.24) is 10.1 Å². The average molecular weight is 397 g/mol. The van der Waals surface area contributed by atoms with Crippen molar-refractivity contribution in [2.24, 2.45) is 0 Å². The van der Waals surface area contributed by atoms with E-state index in [-0.39, 0.29) is 6.61 Å². The number of hydrogen-bond donors (Lipinski definition) is 1. The predicted molar refractivity (Wildman–Crippen MR) is 102 cm³/mol. The van der Waals surface area contributed by atoms with Gasteiger partial charge >= 0.3 is 5.97 Å². The van der Waals surface area contributed by atoms with Crippen LogP contribution in [0.4, 0.5) is 5.69 Å². The second-order valence-electron chi connectivity index (χ2n) is 5.90. The first-order valence-electron chi connectivity index (χ1n) is 8.66. The van der Waals surface area contributed by atoms with Crippen LogP contribution in [0.3, 0.4) is 0 Å². The predicted octanol–water partition coefficient (Wildman–Crippen LogP) is 2.76. The Labute approximate surface area is 166 Å². The lowest BCUT2D eigenvalue weighted by molar-refractivity contribution is -0.119. The summed E-state index contributed by atoms with van der Waals surface area (Å²) in [6, 6.07) is 13.1. The zero-order chi connectivity index (χ0) is 20.6. The molecule has 1 heterocycles. The van der Waals surface area contributed by atoms with Gasteiger partial charge in [0.15, 0.2) is 13.2 Å². The molecule has 1 N–H and O–H groups in total. The van der Waals surface area contributed by atoms with Gasteiger partial charge in [-0.3, -0.25) is 4.79 Å². The molecule has 0 saturated carbocycles. The summed E-state index contributed by atoms with van der Waals surface area (Å²) in [4.78, 5) is 28.0. The van der Waals surface area contributed by atoms with Crippen molar-refractivity contribution in [3.8, 4) is 11.5 Å². The smallest absolute Gasteiger partial charge is 0.338 e. The fourth-order valence-electron chi connectivity index (χ4n) is 2.32. The number of amides is 1. The number of nitrogens with zero attached hydrogens (tertiary/aromatic N) is 2. The number of carbonyl (C=O) groups excluding carboxylic acids is 2. The Morgan fingerprint density at radius 3 is 2.34 bits per heavy atom. The van der Waals surface area contributed by atoms with Crippen LogP contribution in [0, 0.1) is 6.92 Å². The lowest BCUT2D eigenvalue weighted by Crippen LogP contribution is -2.20. The van der Waals surface area contributed by atoms with Gasteiger partial charge in [0.25, 0.3) is 5.91 Å². The van der Waals surface area contributed by atoms with Crippen LogP contribution in [0.15, 0.2) is 53.1 Å². The van der Waals surface area contributed by atoms with E-state index >= 15 is 0 Å². The summed E-state index contributed by atoms with van der Waals surface area (Å²) in [5.41, 5.74) is 0.871. The highest BCUT2D eigenvalue weighted by Crippen LogP contribution is 2.16. The lowest BCUT2D eigenvalue weighted by Gasteiger charge is -2.08. The molecule has 0 aliphatic heterocycles. The summed E-state index contributed by atoms with van der Waals surface area (Å²) < 4.78 is 20.4. The van der Waals surface area contributed by atoms with Crippen LogP contribution in [0.5, 0.6) is 11.5 Å². The van der Waals surface area contributed by atoms with Gasteiger partial charge in [0.1, 0.15) is 11.5 Å². The maximum absolute atomic E-state index is 12.1. The minimum atomic E-state index is -0.616. The van der Waals surface area contributed by atoms with Crippen LogP contribution >= 0.6 is 0 Å². The third-order valence-electron chi connectivity index (χ3n) is 3.74. The number of methoxy groups -OCH3 is 1. The molecule has 0 radical (unpaired) electrons. The lowest BCUT2D eigenvalue weighted by atomic mass is 10.2. The highest BCUT2D eigenvalue weighted by Gasteiger charge is 2.11. The topological polar surface area (TPSA) is 113 Å². The molecule has 1 aromatic heterocycles. The molecule has 0 unspecified atom stereocenters. The van der Waals surface area contributed by atoms with Gasteiger partial charge in [0, 0.05) is 12.6 Å². The number of aromatic nitrogens is 2. The third-order valence-corrected chi connectivity index (χ3v) is 3.74. The van der Waals surface area contributed by atoms with E-state index in [0.717, 1.165) is 0 Å². The Hall–Kier alpha value is -3.88. The van der Waals surface area contributed by atoms with Crippen LogP contribution in [0.2, 0.25) is 0 Å². The Bertz CT molecular complexity index is 967. The number of anilines is 1. The molecule has 3 aromatic rings. The second-order valence-corrected chi connectivity index (χ2v) is 5.90. The molecule has 2 aromatic carbocycles. The van der Waals surface area contributed by atoms with Crippen molar-refractivity contribution in [2.45, 2.75) is 13.5 Å². The molecule has 0 aliphatic carbocycles. The van der Waals surface area contributed by atoms with Gasteiger partial charge < -0.3 is 24.1 Å². The van der Waals surface area contributed by atoms with E-state index in [1.54, 1.807) is 62.6 Å². The molecule has 9 nitrogen and oxygen atoms in total. The molecule has 9 heteroatoms. The first-order valence-corrected chi connectivity index (χ1v) is 8.66. The van der Waals surface area contributed by atoms with Crippen molar-refractivity contribution < 1.29 is 28.3 Å². The van der Waals surface area contributed by atoms with E-state index in [1.807, 2.05) is 0 Å². The molecule has 1 amide bonds. The van der Waals surface area contributed by atoms with E-state index < -0.39 is 18.5 Å². The summed E-state index contributed by atoms with van der Waals surface area (Å²) in [5, 5.41) is 6.36. The third kappa shape index (κ3) is 5.80. The first-order chi connectivity index (χ1) is 14.0. The highest BCUT2D eigenvalue weighted by atomic mass is 16.5. The fraction of sp³-hybridized carbons (Fsp3) is 0.200. The first kappa shape index (κ1) is 19.9. The maximum atomic E-state index is 12.1. The van der Waals surface area contributed by atoms with Gasteiger partial charge in [-0.2, -0.15) is 4.98 Å². The van der Waals surface area contributed by atoms with Crippen molar-refractivity contribution in [2.75, 3.05) is 19.0 Å². The van der Waals surface area contributed by atoms with E-state index in [4.69, 9.17) is 18.7 Å².